The summed E-state index contributed by atoms with van der Waals surface area (Å²) in [6, 6.07) is 3.81. The Labute approximate surface area is 168 Å². The first kappa shape index (κ1) is 23.6. The standard InChI is InChI=1S/C15H20ClN3OS2.2ClH/c1-15(2,8-17)9-19(3)13(20)6-10-7-21-14(18-10)11-4-5-12(16)22-11;;/h4-5,7H,6,8-9,17H2,1-3H3;2*1H. The molecule has 2 aromatic rings. The van der Waals surface area contributed by atoms with E-state index >= 15 is 0 Å². The predicted octanol–water partition coefficient (Wildman–Crippen LogP) is 4.35. The lowest BCUT2D eigenvalue weighted by Gasteiger charge is -2.28. The minimum absolute atomic E-state index is 0. The van der Waals surface area contributed by atoms with Crippen LogP contribution in [0.15, 0.2) is 17.5 Å². The molecule has 0 aliphatic heterocycles. The summed E-state index contributed by atoms with van der Waals surface area (Å²) in [5.74, 6) is 0.0580. The Morgan fingerprint density at radius 2 is 2.04 bits per heavy atom. The smallest absolute Gasteiger partial charge is 0.228 e. The average Bonchev–Trinajstić information content (AvgIpc) is 3.07. The van der Waals surface area contributed by atoms with Crippen molar-refractivity contribution in [2.75, 3.05) is 20.1 Å². The number of carbonyl (C=O) groups is 1. The molecule has 2 aromatic heterocycles. The zero-order chi connectivity index (χ0) is 16.3. The number of nitrogens with two attached hydrogens (primary N) is 1. The van der Waals surface area contributed by atoms with E-state index in [1.807, 2.05) is 24.6 Å². The summed E-state index contributed by atoms with van der Waals surface area (Å²) in [6.45, 7) is 5.29. The van der Waals surface area contributed by atoms with Crippen LogP contribution in [0.1, 0.15) is 19.5 Å². The van der Waals surface area contributed by atoms with Gasteiger partial charge in [0, 0.05) is 19.0 Å². The van der Waals surface area contributed by atoms with Crippen molar-refractivity contribution in [3.05, 3.63) is 27.5 Å². The summed E-state index contributed by atoms with van der Waals surface area (Å²) in [4.78, 5) is 19.6. The Kier molecular flexibility index (Phi) is 9.79. The van der Waals surface area contributed by atoms with Crippen LogP contribution in [0.2, 0.25) is 4.34 Å². The number of likely N-dealkylation sites (N-methyl/N-ethyl adjacent to an activating group) is 1. The maximum atomic E-state index is 12.3. The lowest BCUT2D eigenvalue weighted by molar-refractivity contribution is -0.130. The maximum absolute atomic E-state index is 12.3. The minimum atomic E-state index is -0.0780. The molecule has 0 aromatic carbocycles. The molecule has 2 rings (SSSR count). The van der Waals surface area contributed by atoms with Crippen molar-refractivity contribution in [1.82, 2.24) is 9.88 Å². The van der Waals surface area contributed by atoms with Crippen LogP contribution in [0.5, 0.6) is 0 Å². The normalized spacial score (nSPS) is 10.7. The number of hydrogen-bond donors (Lipinski definition) is 1. The Bertz CT molecular complexity index is 658. The van der Waals surface area contributed by atoms with Crippen molar-refractivity contribution in [2.24, 2.45) is 11.1 Å². The largest absolute Gasteiger partial charge is 0.345 e. The molecule has 24 heavy (non-hydrogen) atoms. The molecule has 0 aliphatic rings. The van der Waals surface area contributed by atoms with Crippen molar-refractivity contribution < 1.29 is 4.79 Å². The first-order chi connectivity index (χ1) is 10.3. The highest BCUT2D eigenvalue weighted by Crippen LogP contribution is 2.33. The second kappa shape index (κ2) is 9.94. The van der Waals surface area contributed by atoms with Gasteiger partial charge in [0.1, 0.15) is 5.01 Å². The van der Waals surface area contributed by atoms with Gasteiger partial charge in [-0.1, -0.05) is 25.4 Å². The molecule has 0 saturated heterocycles. The number of nitrogens with zero attached hydrogens (tertiary/aromatic N) is 2. The van der Waals surface area contributed by atoms with Crippen LogP contribution in [0.3, 0.4) is 0 Å². The van der Waals surface area contributed by atoms with Crippen LogP contribution in [0, 0.1) is 5.41 Å². The van der Waals surface area contributed by atoms with Crippen molar-refractivity contribution in [1.29, 1.82) is 0 Å². The SMILES string of the molecule is CN(CC(C)(C)CN)C(=O)Cc1csc(-c2ccc(Cl)s2)n1.Cl.Cl. The number of carbonyl (C=O) groups excluding carboxylic acids is 1. The van der Waals surface area contributed by atoms with E-state index in [9.17, 15) is 4.79 Å². The highest BCUT2D eigenvalue weighted by atomic mass is 35.5. The van der Waals surface area contributed by atoms with Crippen molar-refractivity contribution in [3.8, 4) is 9.88 Å². The molecule has 0 atom stereocenters. The number of halogens is 3. The number of hydrogen-bond acceptors (Lipinski definition) is 5. The minimum Gasteiger partial charge on any atom is -0.345 e. The molecule has 0 radical (unpaired) electrons. The number of rotatable bonds is 6. The second-order valence-electron chi connectivity index (χ2n) is 6.04. The van der Waals surface area contributed by atoms with Gasteiger partial charge < -0.3 is 10.6 Å². The molecule has 0 aliphatic carbocycles. The molecule has 9 heteroatoms. The van der Waals surface area contributed by atoms with Gasteiger partial charge in [-0.15, -0.1) is 47.5 Å². The van der Waals surface area contributed by atoms with Crippen LogP contribution in [0.4, 0.5) is 0 Å². The van der Waals surface area contributed by atoms with E-state index in [1.165, 1.54) is 22.7 Å². The lowest BCUT2D eigenvalue weighted by Crippen LogP contribution is -2.40. The van der Waals surface area contributed by atoms with E-state index in [0.29, 0.717) is 19.5 Å². The predicted molar refractivity (Wildman–Crippen MR) is 109 cm³/mol. The summed E-state index contributed by atoms with van der Waals surface area (Å²) in [6.07, 6.45) is 0.312. The molecular weight excluding hydrogens is 409 g/mol. The van der Waals surface area contributed by atoms with E-state index in [-0.39, 0.29) is 36.1 Å². The molecule has 1 amide bonds. The van der Waals surface area contributed by atoms with E-state index in [0.717, 1.165) is 19.9 Å². The van der Waals surface area contributed by atoms with Crippen LogP contribution in [0.25, 0.3) is 9.88 Å². The fraction of sp³-hybridized carbons (Fsp3) is 0.467. The third-order valence-electron chi connectivity index (χ3n) is 3.31. The first-order valence-electron chi connectivity index (χ1n) is 6.95. The number of amides is 1. The van der Waals surface area contributed by atoms with E-state index < -0.39 is 0 Å². The third kappa shape index (κ3) is 6.50. The van der Waals surface area contributed by atoms with Crippen LogP contribution < -0.4 is 5.73 Å². The molecule has 0 fully saturated rings. The average molecular weight is 431 g/mol. The van der Waals surface area contributed by atoms with Gasteiger partial charge >= 0.3 is 0 Å². The van der Waals surface area contributed by atoms with Gasteiger partial charge in [0.2, 0.25) is 5.91 Å². The fourth-order valence-electron chi connectivity index (χ4n) is 2.02. The Morgan fingerprint density at radius 3 is 2.58 bits per heavy atom. The van der Waals surface area contributed by atoms with Crippen LogP contribution in [-0.2, 0) is 11.2 Å². The van der Waals surface area contributed by atoms with Gasteiger partial charge in [-0.3, -0.25) is 4.79 Å². The van der Waals surface area contributed by atoms with Gasteiger partial charge in [0.25, 0.3) is 0 Å². The zero-order valence-electron chi connectivity index (χ0n) is 13.7. The first-order valence-corrected chi connectivity index (χ1v) is 9.02. The summed E-state index contributed by atoms with van der Waals surface area (Å²) >= 11 is 8.97. The summed E-state index contributed by atoms with van der Waals surface area (Å²) < 4.78 is 0.742. The molecule has 4 nitrogen and oxygen atoms in total. The van der Waals surface area contributed by atoms with E-state index in [2.05, 4.69) is 18.8 Å². The van der Waals surface area contributed by atoms with Crippen molar-refractivity contribution >= 4 is 65.0 Å². The number of thiophene rings is 1. The molecular formula is C15H22Cl3N3OS2. The fourth-order valence-corrected chi connectivity index (χ4v) is 3.95. The molecule has 0 unspecified atom stereocenters. The van der Waals surface area contributed by atoms with Gasteiger partial charge in [0.15, 0.2) is 0 Å². The summed E-state index contributed by atoms with van der Waals surface area (Å²) in [7, 11) is 1.81. The zero-order valence-corrected chi connectivity index (χ0v) is 17.8. The second-order valence-corrected chi connectivity index (χ2v) is 8.62. The van der Waals surface area contributed by atoms with Gasteiger partial charge in [-0.2, -0.15) is 0 Å². The highest BCUT2D eigenvalue weighted by Gasteiger charge is 2.21. The van der Waals surface area contributed by atoms with Gasteiger partial charge in [-0.25, -0.2) is 4.98 Å². The Hall–Kier alpha value is -0.370. The molecule has 0 spiro atoms. The third-order valence-corrected chi connectivity index (χ3v) is 5.60. The van der Waals surface area contributed by atoms with Crippen LogP contribution >= 0.6 is 59.1 Å². The molecule has 136 valence electrons. The Balaban J connectivity index is 0.00000264. The number of thiazole rings is 1. The van der Waals surface area contributed by atoms with E-state index in [4.69, 9.17) is 17.3 Å². The summed E-state index contributed by atoms with van der Waals surface area (Å²) in [5.41, 5.74) is 6.44. The van der Waals surface area contributed by atoms with Crippen LogP contribution in [-0.4, -0.2) is 35.9 Å². The molecule has 2 heterocycles. The van der Waals surface area contributed by atoms with Crippen molar-refractivity contribution in [3.63, 3.8) is 0 Å². The molecule has 0 saturated carbocycles. The Morgan fingerprint density at radius 1 is 1.38 bits per heavy atom. The van der Waals surface area contributed by atoms with Crippen molar-refractivity contribution in [2.45, 2.75) is 20.3 Å². The van der Waals surface area contributed by atoms with E-state index in [1.54, 1.807) is 4.90 Å². The highest BCUT2D eigenvalue weighted by molar-refractivity contribution is 7.23. The van der Waals surface area contributed by atoms with Gasteiger partial charge in [-0.05, 0) is 24.1 Å². The lowest BCUT2D eigenvalue weighted by atomic mass is 9.93. The maximum Gasteiger partial charge on any atom is 0.228 e. The monoisotopic (exact) mass is 429 g/mol. The van der Waals surface area contributed by atoms with Gasteiger partial charge in [0.05, 0.1) is 21.3 Å². The topological polar surface area (TPSA) is 59.2 Å². The quantitative estimate of drug-likeness (QED) is 0.741. The number of aromatic nitrogens is 1. The summed E-state index contributed by atoms with van der Waals surface area (Å²) in [5, 5.41) is 2.84. The molecule has 0 bridgehead atoms. The molecule has 2 N–H and O–H groups in total.